The maximum Gasteiger partial charge on any atom is 0.131 e. The van der Waals surface area contributed by atoms with Gasteiger partial charge in [-0.25, -0.2) is 0 Å². The molecule has 0 unspecified atom stereocenters. The van der Waals surface area contributed by atoms with Gasteiger partial charge in [0.2, 0.25) is 0 Å². The Hall–Kier alpha value is -1.71. The number of halogens is 1. The molecule has 0 fully saturated rings. The zero-order valence-electron chi connectivity index (χ0n) is 11.9. The Kier molecular flexibility index (Phi) is 4.04. The summed E-state index contributed by atoms with van der Waals surface area (Å²) in [5, 5.41) is 0.712. The molecule has 3 rings (SSSR count). The summed E-state index contributed by atoms with van der Waals surface area (Å²) >= 11 is 6.28. The van der Waals surface area contributed by atoms with E-state index in [2.05, 4.69) is 0 Å². The van der Waals surface area contributed by atoms with E-state index in [9.17, 15) is 0 Å². The number of hydrogen-bond acceptors (Lipinski definition) is 3. The highest BCUT2D eigenvalue weighted by Crippen LogP contribution is 2.42. The van der Waals surface area contributed by atoms with Crippen LogP contribution in [0.25, 0.3) is 11.1 Å². The molecule has 1 aliphatic heterocycles. The highest BCUT2D eigenvalue weighted by atomic mass is 35.5. The smallest absolute Gasteiger partial charge is 0.131 e. The van der Waals surface area contributed by atoms with Gasteiger partial charge in [0, 0.05) is 22.7 Å². The van der Waals surface area contributed by atoms with E-state index in [4.69, 9.17) is 26.8 Å². The fraction of sp³-hybridized carbons (Fsp3) is 0.294. The number of benzene rings is 2. The van der Waals surface area contributed by atoms with E-state index < -0.39 is 0 Å². The SMILES string of the molecule is COc1ccccc1-c1cc(Cl)cc2c1O[C@@H](CN)CC2. The molecule has 1 heterocycles. The van der Waals surface area contributed by atoms with Crippen LogP contribution in [-0.2, 0) is 6.42 Å². The Bertz CT molecular complexity index is 657. The zero-order valence-corrected chi connectivity index (χ0v) is 12.7. The summed E-state index contributed by atoms with van der Waals surface area (Å²) in [6.07, 6.45) is 1.92. The van der Waals surface area contributed by atoms with Gasteiger partial charge in [0.05, 0.1) is 7.11 Å². The van der Waals surface area contributed by atoms with Gasteiger partial charge in [-0.1, -0.05) is 29.8 Å². The maximum absolute atomic E-state index is 6.28. The first-order valence-corrected chi connectivity index (χ1v) is 7.43. The van der Waals surface area contributed by atoms with Crippen molar-refractivity contribution in [3.63, 3.8) is 0 Å². The summed E-state index contributed by atoms with van der Waals surface area (Å²) < 4.78 is 11.5. The molecule has 2 aromatic rings. The average molecular weight is 304 g/mol. The lowest BCUT2D eigenvalue weighted by Gasteiger charge is -2.27. The summed E-state index contributed by atoms with van der Waals surface area (Å²) in [6, 6.07) is 11.8. The van der Waals surface area contributed by atoms with Gasteiger partial charge in [-0.15, -0.1) is 0 Å². The minimum absolute atomic E-state index is 0.0622. The lowest BCUT2D eigenvalue weighted by atomic mass is 9.95. The second-order valence-electron chi connectivity index (χ2n) is 5.16. The quantitative estimate of drug-likeness (QED) is 0.941. The number of fused-ring (bicyclic) bond motifs is 1. The number of methoxy groups -OCH3 is 1. The van der Waals surface area contributed by atoms with Crippen LogP contribution >= 0.6 is 11.6 Å². The molecule has 0 saturated carbocycles. The van der Waals surface area contributed by atoms with Crippen LogP contribution < -0.4 is 15.2 Å². The number of hydrogen-bond donors (Lipinski definition) is 1. The minimum Gasteiger partial charge on any atom is -0.496 e. The summed E-state index contributed by atoms with van der Waals surface area (Å²) in [6.45, 7) is 0.521. The second kappa shape index (κ2) is 5.96. The summed E-state index contributed by atoms with van der Waals surface area (Å²) in [5.41, 5.74) is 8.84. The van der Waals surface area contributed by atoms with Gasteiger partial charge >= 0.3 is 0 Å². The van der Waals surface area contributed by atoms with Gasteiger partial charge in [-0.05, 0) is 36.6 Å². The molecule has 0 aliphatic carbocycles. The van der Waals surface area contributed by atoms with E-state index in [1.807, 2.05) is 36.4 Å². The summed E-state index contributed by atoms with van der Waals surface area (Å²) in [7, 11) is 1.67. The standard InChI is InChI=1S/C17H18ClNO2/c1-20-16-5-3-2-4-14(16)15-9-12(18)8-11-6-7-13(10-19)21-17(11)15/h2-5,8-9,13H,6-7,10,19H2,1H3/t13-/m1/s1. The monoisotopic (exact) mass is 303 g/mol. The van der Waals surface area contributed by atoms with Crippen LogP contribution in [0.5, 0.6) is 11.5 Å². The van der Waals surface area contributed by atoms with Crippen LogP contribution in [0.1, 0.15) is 12.0 Å². The Morgan fingerprint density at radius 2 is 2.10 bits per heavy atom. The van der Waals surface area contributed by atoms with E-state index in [0.717, 1.165) is 41.0 Å². The van der Waals surface area contributed by atoms with Crippen molar-refractivity contribution in [2.45, 2.75) is 18.9 Å². The zero-order chi connectivity index (χ0) is 14.8. The van der Waals surface area contributed by atoms with Crippen molar-refractivity contribution in [1.82, 2.24) is 0 Å². The molecule has 110 valence electrons. The molecule has 2 N–H and O–H groups in total. The largest absolute Gasteiger partial charge is 0.496 e. The van der Waals surface area contributed by atoms with Crippen LogP contribution in [0.2, 0.25) is 5.02 Å². The van der Waals surface area contributed by atoms with E-state index in [0.29, 0.717) is 11.6 Å². The number of aryl methyl sites for hydroxylation is 1. The molecule has 1 aliphatic rings. The first kappa shape index (κ1) is 14.2. The molecule has 0 amide bonds. The van der Waals surface area contributed by atoms with Gasteiger partial charge in [0.1, 0.15) is 17.6 Å². The molecule has 0 aromatic heterocycles. The van der Waals surface area contributed by atoms with E-state index in [-0.39, 0.29) is 6.10 Å². The Morgan fingerprint density at radius 3 is 2.86 bits per heavy atom. The van der Waals surface area contributed by atoms with E-state index >= 15 is 0 Å². The third kappa shape index (κ3) is 2.71. The van der Waals surface area contributed by atoms with Crippen molar-refractivity contribution < 1.29 is 9.47 Å². The summed E-state index contributed by atoms with van der Waals surface area (Å²) in [5.74, 6) is 1.69. The van der Waals surface area contributed by atoms with Crippen LogP contribution in [0.4, 0.5) is 0 Å². The van der Waals surface area contributed by atoms with Crippen molar-refractivity contribution in [2.75, 3.05) is 13.7 Å². The van der Waals surface area contributed by atoms with Gasteiger partial charge in [0.25, 0.3) is 0 Å². The first-order valence-electron chi connectivity index (χ1n) is 7.05. The molecule has 0 spiro atoms. The average Bonchev–Trinajstić information content (AvgIpc) is 2.53. The van der Waals surface area contributed by atoms with Gasteiger partial charge < -0.3 is 15.2 Å². The molecule has 0 radical (unpaired) electrons. The number of nitrogens with two attached hydrogens (primary N) is 1. The van der Waals surface area contributed by atoms with Gasteiger partial charge in [-0.2, -0.15) is 0 Å². The van der Waals surface area contributed by atoms with Gasteiger partial charge in [-0.3, -0.25) is 0 Å². The molecular weight excluding hydrogens is 286 g/mol. The van der Waals surface area contributed by atoms with Crippen molar-refractivity contribution in [3.8, 4) is 22.6 Å². The molecular formula is C17H18ClNO2. The van der Waals surface area contributed by atoms with E-state index in [1.165, 1.54) is 0 Å². The van der Waals surface area contributed by atoms with E-state index in [1.54, 1.807) is 7.11 Å². The molecule has 1 atom stereocenters. The molecule has 0 saturated heterocycles. The molecule has 4 heteroatoms. The number of rotatable bonds is 3. The fourth-order valence-electron chi connectivity index (χ4n) is 2.75. The molecule has 21 heavy (non-hydrogen) atoms. The van der Waals surface area contributed by atoms with Crippen molar-refractivity contribution in [3.05, 3.63) is 47.0 Å². The Morgan fingerprint density at radius 1 is 1.29 bits per heavy atom. The first-order chi connectivity index (χ1) is 10.2. The van der Waals surface area contributed by atoms with Gasteiger partial charge in [0.15, 0.2) is 0 Å². The highest BCUT2D eigenvalue weighted by molar-refractivity contribution is 6.31. The third-order valence-corrected chi connectivity index (χ3v) is 4.03. The second-order valence-corrected chi connectivity index (χ2v) is 5.59. The summed E-state index contributed by atoms with van der Waals surface area (Å²) in [4.78, 5) is 0. The lowest BCUT2D eigenvalue weighted by Crippen LogP contribution is -2.30. The Labute approximate surface area is 129 Å². The van der Waals surface area contributed by atoms with Crippen LogP contribution in [0, 0.1) is 0 Å². The Balaban J connectivity index is 2.16. The predicted octanol–water partition coefficient (Wildman–Crippen LogP) is 3.67. The number of ether oxygens (including phenoxy) is 2. The maximum atomic E-state index is 6.28. The molecule has 2 aromatic carbocycles. The number of para-hydroxylation sites is 1. The van der Waals surface area contributed by atoms with Crippen molar-refractivity contribution >= 4 is 11.6 Å². The van der Waals surface area contributed by atoms with Crippen molar-refractivity contribution in [1.29, 1.82) is 0 Å². The minimum atomic E-state index is 0.0622. The van der Waals surface area contributed by atoms with Crippen molar-refractivity contribution in [2.24, 2.45) is 5.73 Å². The van der Waals surface area contributed by atoms with Crippen LogP contribution in [-0.4, -0.2) is 19.8 Å². The fourth-order valence-corrected chi connectivity index (χ4v) is 2.99. The predicted molar refractivity (Wildman–Crippen MR) is 85.2 cm³/mol. The highest BCUT2D eigenvalue weighted by Gasteiger charge is 2.23. The normalized spacial score (nSPS) is 17.0. The topological polar surface area (TPSA) is 44.5 Å². The third-order valence-electron chi connectivity index (χ3n) is 3.81. The van der Waals surface area contributed by atoms with Crippen LogP contribution in [0.15, 0.2) is 36.4 Å². The lowest BCUT2D eigenvalue weighted by molar-refractivity contribution is 0.182. The van der Waals surface area contributed by atoms with Crippen LogP contribution in [0.3, 0.4) is 0 Å². The molecule has 3 nitrogen and oxygen atoms in total. The molecule has 0 bridgehead atoms.